The maximum absolute atomic E-state index is 12.5. The highest BCUT2D eigenvalue weighted by Gasteiger charge is 2.39. The van der Waals surface area contributed by atoms with Crippen LogP contribution in [0.1, 0.15) is 29.5 Å². The number of rotatable bonds is 2. The van der Waals surface area contributed by atoms with Crippen LogP contribution in [0.4, 0.5) is 18.9 Å². The van der Waals surface area contributed by atoms with E-state index in [1.54, 1.807) is 18.2 Å². The Morgan fingerprint density at radius 3 is 2.58 bits per heavy atom. The van der Waals surface area contributed by atoms with Gasteiger partial charge in [0.15, 0.2) is 0 Å². The van der Waals surface area contributed by atoms with Gasteiger partial charge >= 0.3 is 6.36 Å². The fourth-order valence-corrected chi connectivity index (χ4v) is 4.36. The van der Waals surface area contributed by atoms with Crippen LogP contribution in [0.25, 0.3) is 0 Å². The Labute approximate surface area is 158 Å². The molecule has 1 aliphatic heterocycles. The summed E-state index contributed by atoms with van der Waals surface area (Å²) in [5.74, 6) is -0.0536. The molecule has 0 radical (unpaired) electrons. The number of alkyl halides is 3. The first-order chi connectivity index (χ1) is 12.3. The number of fused-ring (bicyclic) bond motifs is 3. The van der Waals surface area contributed by atoms with E-state index in [0.29, 0.717) is 10.0 Å². The molecule has 0 saturated carbocycles. The van der Waals surface area contributed by atoms with E-state index in [4.69, 9.17) is 23.2 Å². The van der Waals surface area contributed by atoms with Gasteiger partial charge in [-0.1, -0.05) is 41.4 Å². The molecule has 0 spiro atoms. The third-order valence-electron chi connectivity index (χ3n) is 4.87. The van der Waals surface area contributed by atoms with Gasteiger partial charge in [0.05, 0.1) is 6.04 Å². The smallest absolute Gasteiger partial charge is 0.406 e. The monoisotopic (exact) mass is 399 g/mol. The van der Waals surface area contributed by atoms with Crippen molar-refractivity contribution in [2.24, 2.45) is 5.92 Å². The molecule has 0 aromatic heterocycles. The second-order valence-corrected chi connectivity index (χ2v) is 7.28. The van der Waals surface area contributed by atoms with Gasteiger partial charge in [0.25, 0.3) is 0 Å². The molecular formula is C19H14Cl2F3NO. The van der Waals surface area contributed by atoms with Crippen molar-refractivity contribution >= 4 is 28.9 Å². The van der Waals surface area contributed by atoms with Crippen LogP contribution in [-0.2, 0) is 0 Å². The minimum Gasteiger partial charge on any atom is -0.406 e. The quantitative estimate of drug-likeness (QED) is 0.565. The highest BCUT2D eigenvalue weighted by atomic mass is 35.5. The third-order valence-corrected chi connectivity index (χ3v) is 5.43. The Morgan fingerprint density at radius 1 is 1.04 bits per heavy atom. The average molecular weight is 400 g/mol. The van der Waals surface area contributed by atoms with Gasteiger partial charge in [-0.25, -0.2) is 0 Å². The maximum atomic E-state index is 12.5. The van der Waals surface area contributed by atoms with Crippen LogP contribution in [0.5, 0.6) is 5.75 Å². The summed E-state index contributed by atoms with van der Waals surface area (Å²) in [6.45, 7) is 0. The van der Waals surface area contributed by atoms with Crippen LogP contribution in [0.3, 0.4) is 0 Å². The summed E-state index contributed by atoms with van der Waals surface area (Å²) in [5, 5.41) is 4.56. The van der Waals surface area contributed by atoms with Crippen molar-refractivity contribution in [2.45, 2.75) is 24.7 Å². The Morgan fingerprint density at radius 2 is 1.85 bits per heavy atom. The van der Waals surface area contributed by atoms with E-state index in [1.165, 1.54) is 12.1 Å². The van der Waals surface area contributed by atoms with Crippen LogP contribution in [-0.4, -0.2) is 6.36 Å². The lowest BCUT2D eigenvalue weighted by molar-refractivity contribution is -0.274. The summed E-state index contributed by atoms with van der Waals surface area (Å²) in [5.41, 5.74) is 2.51. The SMILES string of the molecule is FC(F)(F)Oc1ccc2c(c1)C1C=CCC1C(c1ccc(Cl)cc1Cl)N2. The molecule has 0 fully saturated rings. The first kappa shape index (κ1) is 17.6. The Hall–Kier alpha value is -1.85. The van der Waals surface area contributed by atoms with Crippen LogP contribution in [0, 0.1) is 5.92 Å². The molecule has 136 valence electrons. The molecule has 1 aliphatic carbocycles. The molecule has 0 amide bonds. The topological polar surface area (TPSA) is 21.3 Å². The summed E-state index contributed by atoms with van der Waals surface area (Å²) < 4.78 is 41.6. The molecule has 3 unspecified atom stereocenters. The number of halogens is 5. The third kappa shape index (κ3) is 3.26. The van der Waals surface area contributed by atoms with Gasteiger partial charge in [-0.3, -0.25) is 0 Å². The fraction of sp³-hybridized carbons (Fsp3) is 0.263. The number of anilines is 1. The molecule has 2 aromatic rings. The summed E-state index contributed by atoms with van der Waals surface area (Å²) in [7, 11) is 0. The van der Waals surface area contributed by atoms with Crippen molar-refractivity contribution < 1.29 is 17.9 Å². The van der Waals surface area contributed by atoms with Gasteiger partial charge in [0.2, 0.25) is 0 Å². The Balaban J connectivity index is 1.72. The molecule has 2 aromatic carbocycles. The molecular weight excluding hydrogens is 386 g/mol. The lowest BCUT2D eigenvalue weighted by Gasteiger charge is -2.38. The first-order valence-electron chi connectivity index (χ1n) is 8.10. The van der Waals surface area contributed by atoms with Crippen LogP contribution >= 0.6 is 23.2 Å². The van der Waals surface area contributed by atoms with Crippen molar-refractivity contribution in [3.63, 3.8) is 0 Å². The summed E-state index contributed by atoms with van der Waals surface area (Å²) in [4.78, 5) is 0. The zero-order chi connectivity index (χ0) is 18.5. The van der Waals surface area contributed by atoms with E-state index in [0.717, 1.165) is 23.2 Å². The molecule has 4 rings (SSSR count). The predicted molar refractivity (Wildman–Crippen MR) is 95.9 cm³/mol. The molecule has 2 nitrogen and oxygen atoms in total. The number of allylic oxidation sites excluding steroid dienone is 2. The molecule has 2 aliphatic rings. The van der Waals surface area contributed by atoms with Crippen LogP contribution < -0.4 is 10.1 Å². The van der Waals surface area contributed by atoms with Gasteiger partial charge in [0.1, 0.15) is 5.75 Å². The summed E-state index contributed by atoms with van der Waals surface area (Å²) in [6, 6.07) is 9.73. The lowest BCUT2D eigenvalue weighted by atomic mass is 9.77. The van der Waals surface area contributed by atoms with Gasteiger partial charge in [-0.2, -0.15) is 0 Å². The zero-order valence-electron chi connectivity index (χ0n) is 13.4. The molecule has 26 heavy (non-hydrogen) atoms. The standard InChI is InChI=1S/C19H14Cl2F3NO/c20-10-4-6-14(16(21)8-10)18-13-3-1-2-12(13)15-9-11(26-19(22,23)24)5-7-17(15)25-18/h1-2,4-9,12-13,18,25H,3H2. The van der Waals surface area contributed by atoms with Gasteiger partial charge < -0.3 is 10.1 Å². The Kier molecular flexibility index (Phi) is 4.32. The van der Waals surface area contributed by atoms with Gasteiger partial charge in [-0.05, 0) is 53.8 Å². The van der Waals surface area contributed by atoms with Crippen molar-refractivity contribution in [1.82, 2.24) is 0 Å². The van der Waals surface area contributed by atoms with Crippen molar-refractivity contribution in [2.75, 3.05) is 5.32 Å². The summed E-state index contributed by atoms with van der Waals surface area (Å²) >= 11 is 12.4. The first-order valence-corrected chi connectivity index (χ1v) is 8.85. The van der Waals surface area contributed by atoms with E-state index in [-0.39, 0.29) is 23.6 Å². The van der Waals surface area contributed by atoms with E-state index in [2.05, 4.69) is 16.1 Å². The Bertz CT molecular complexity index is 882. The van der Waals surface area contributed by atoms with Crippen molar-refractivity contribution in [1.29, 1.82) is 0 Å². The second kappa shape index (κ2) is 6.39. The largest absolute Gasteiger partial charge is 0.573 e. The molecule has 7 heteroatoms. The van der Waals surface area contributed by atoms with Crippen molar-refractivity contribution in [3.05, 3.63) is 69.7 Å². The minimum atomic E-state index is -4.71. The number of hydrogen-bond donors (Lipinski definition) is 1. The molecule has 1 N–H and O–H groups in total. The molecule has 1 heterocycles. The predicted octanol–water partition coefficient (Wildman–Crippen LogP) is 6.72. The van der Waals surface area contributed by atoms with Gasteiger partial charge in [-0.15, -0.1) is 13.2 Å². The molecule has 0 saturated heterocycles. The zero-order valence-corrected chi connectivity index (χ0v) is 14.9. The number of nitrogens with one attached hydrogen (secondary N) is 1. The number of hydrogen-bond acceptors (Lipinski definition) is 2. The second-order valence-electron chi connectivity index (χ2n) is 6.44. The highest BCUT2D eigenvalue weighted by molar-refractivity contribution is 6.35. The molecule has 3 atom stereocenters. The summed E-state index contributed by atoms with van der Waals surface area (Å²) in [6.07, 6.45) is 0.199. The normalized spacial score (nSPS) is 24.0. The minimum absolute atomic E-state index is 0.000205. The van der Waals surface area contributed by atoms with Gasteiger partial charge in [0, 0.05) is 21.7 Å². The number of benzene rings is 2. The lowest BCUT2D eigenvalue weighted by Crippen LogP contribution is -2.29. The van der Waals surface area contributed by atoms with E-state index >= 15 is 0 Å². The number of ether oxygens (including phenoxy) is 1. The maximum Gasteiger partial charge on any atom is 0.573 e. The highest BCUT2D eigenvalue weighted by Crippen LogP contribution is 2.51. The van der Waals surface area contributed by atoms with Crippen molar-refractivity contribution in [3.8, 4) is 5.75 Å². The van der Waals surface area contributed by atoms with Crippen LogP contribution in [0.15, 0.2) is 48.6 Å². The molecule has 0 bridgehead atoms. The fourth-order valence-electron chi connectivity index (χ4n) is 3.83. The van der Waals surface area contributed by atoms with E-state index in [1.807, 2.05) is 12.1 Å². The van der Waals surface area contributed by atoms with E-state index < -0.39 is 6.36 Å². The average Bonchev–Trinajstić information content (AvgIpc) is 3.03. The van der Waals surface area contributed by atoms with E-state index in [9.17, 15) is 13.2 Å². The van der Waals surface area contributed by atoms with Crippen LogP contribution in [0.2, 0.25) is 10.0 Å².